The first-order valence-electron chi connectivity index (χ1n) is 11.4. The second-order valence-electron chi connectivity index (χ2n) is 9.25. The highest BCUT2D eigenvalue weighted by Crippen LogP contribution is 2.34. The van der Waals surface area contributed by atoms with Crippen LogP contribution in [0.2, 0.25) is 0 Å². The number of nitrogens with zero attached hydrogens (tertiary/aromatic N) is 1. The number of nitrogens with one attached hydrogen (secondary N) is 1. The first-order valence-corrected chi connectivity index (χ1v) is 13.0. The van der Waals surface area contributed by atoms with Gasteiger partial charge in [-0.15, -0.1) is 0 Å². The number of alkyl halides is 1. The molecule has 0 aromatic heterocycles. The molecule has 6 nitrogen and oxygen atoms in total. The van der Waals surface area contributed by atoms with Gasteiger partial charge in [0.1, 0.15) is 29.7 Å². The number of ether oxygens (including phenoxy) is 1. The summed E-state index contributed by atoms with van der Waals surface area (Å²) < 4.78 is 91.0. The van der Waals surface area contributed by atoms with Crippen LogP contribution in [0.1, 0.15) is 24.8 Å². The van der Waals surface area contributed by atoms with Crippen molar-refractivity contribution in [3.63, 3.8) is 0 Å². The number of hydrogen-bond donors (Lipinski definition) is 1. The van der Waals surface area contributed by atoms with Crippen molar-refractivity contribution in [1.29, 1.82) is 0 Å². The molecule has 0 bridgehead atoms. The molecule has 1 unspecified atom stereocenters. The molecule has 1 N–H and O–H groups in total. The maximum absolute atomic E-state index is 15.5. The summed E-state index contributed by atoms with van der Waals surface area (Å²) in [6.45, 7) is 0.0458. The molecule has 5 rings (SSSR count). The van der Waals surface area contributed by atoms with Gasteiger partial charge in [0.2, 0.25) is 10.0 Å². The van der Waals surface area contributed by atoms with Gasteiger partial charge in [-0.1, -0.05) is 18.2 Å². The summed E-state index contributed by atoms with van der Waals surface area (Å²) >= 11 is 0. The number of carbonyl (C=O) groups excluding carboxylic acids is 1. The molecule has 2 aromatic carbocycles. The summed E-state index contributed by atoms with van der Waals surface area (Å²) in [6, 6.07) is 4.66. The van der Waals surface area contributed by atoms with E-state index in [9.17, 15) is 22.0 Å². The van der Waals surface area contributed by atoms with E-state index in [4.69, 9.17) is 4.74 Å². The number of benzene rings is 2. The van der Waals surface area contributed by atoms with Crippen molar-refractivity contribution in [2.45, 2.75) is 55.3 Å². The molecule has 4 atom stereocenters. The lowest BCUT2D eigenvalue weighted by molar-refractivity contribution is -0.157. The molecule has 35 heavy (non-hydrogen) atoms. The normalized spacial score (nSPS) is 26.6. The molecule has 1 saturated carbocycles. The fraction of sp³-hybridized carbons (Fsp3) is 0.458. The van der Waals surface area contributed by atoms with Crippen molar-refractivity contribution in [2.75, 3.05) is 13.2 Å². The monoisotopic (exact) mass is 512 g/mol. The van der Waals surface area contributed by atoms with Gasteiger partial charge in [-0.3, -0.25) is 4.79 Å². The van der Waals surface area contributed by atoms with E-state index >= 15 is 8.78 Å². The Balaban J connectivity index is 1.48. The van der Waals surface area contributed by atoms with Crippen molar-refractivity contribution in [3.05, 3.63) is 59.4 Å². The van der Waals surface area contributed by atoms with Crippen LogP contribution in [0.15, 0.2) is 36.4 Å². The van der Waals surface area contributed by atoms with Gasteiger partial charge >= 0.3 is 0 Å². The lowest BCUT2D eigenvalue weighted by Gasteiger charge is -2.34. The number of likely N-dealkylation sites (tertiary alicyclic amines) is 1. The van der Waals surface area contributed by atoms with Gasteiger partial charge in [-0.05, 0) is 42.5 Å². The molecule has 188 valence electrons. The predicted octanol–water partition coefficient (Wildman–Crippen LogP) is 3.10. The molecule has 3 aliphatic rings. The van der Waals surface area contributed by atoms with Crippen molar-refractivity contribution in [2.24, 2.45) is 0 Å². The number of rotatable bonds is 7. The van der Waals surface area contributed by atoms with Crippen LogP contribution in [0.4, 0.5) is 17.6 Å². The Morgan fingerprint density at radius 3 is 2.37 bits per heavy atom. The fourth-order valence-electron chi connectivity index (χ4n) is 4.69. The van der Waals surface area contributed by atoms with E-state index in [0.29, 0.717) is 31.9 Å². The standard InChI is InChI=1S/C24H24F4N2O4S/c25-15-8-14(9-16(26)11-15)18-3-1-2-13(22(18)28)10-20-23(29-35(32,33)17-4-5-17)19(27)12-30(20)24(31)21-6-7-34-21/h1-3,8-9,11,17,19-21,23,29H,4-7,10,12H2/t19-,20-,21?,23-/m0/s1. The highest BCUT2D eigenvalue weighted by atomic mass is 32.2. The highest BCUT2D eigenvalue weighted by Gasteiger charge is 2.50. The number of halogens is 4. The third-order valence-electron chi connectivity index (χ3n) is 6.78. The molecule has 2 aromatic rings. The van der Waals surface area contributed by atoms with Crippen molar-refractivity contribution in [3.8, 4) is 11.1 Å². The number of carbonyl (C=O) groups is 1. The molecule has 2 heterocycles. The summed E-state index contributed by atoms with van der Waals surface area (Å²) in [7, 11) is -3.80. The van der Waals surface area contributed by atoms with Gasteiger partial charge in [0.05, 0.1) is 30.5 Å². The lowest BCUT2D eigenvalue weighted by atomic mass is 9.95. The van der Waals surface area contributed by atoms with Gasteiger partial charge in [-0.25, -0.2) is 30.7 Å². The first-order chi connectivity index (χ1) is 16.6. The molecular weight excluding hydrogens is 488 g/mol. The van der Waals surface area contributed by atoms with E-state index < -0.39 is 63.0 Å². The fourth-order valence-corrected chi connectivity index (χ4v) is 6.32. The van der Waals surface area contributed by atoms with Crippen LogP contribution in [0.3, 0.4) is 0 Å². The highest BCUT2D eigenvalue weighted by molar-refractivity contribution is 7.90. The van der Waals surface area contributed by atoms with Crippen LogP contribution in [-0.2, 0) is 26.0 Å². The van der Waals surface area contributed by atoms with E-state index in [1.807, 2.05) is 0 Å². The Labute approximate surface area is 200 Å². The van der Waals surface area contributed by atoms with Crippen molar-refractivity contribution in [1.82, 2.24) is 9.62 Å². The minimum absolute atomic E-state index is 0.0153. The summed E-state index contributed by atoms with van der Waals surface area (Å²) in [4.78, 5) is 14.2. The maximum Gasteiger partial charge on any atom is 0.252 e. The topological polar surface area (TPSA) is 75.7 Å². The SMILES string of the molecule is O=C(C1CCO1)N1C[C@H](F)[C@H](NS(=O)(=O)C2CC2)[C@@H]1Cc1cccc(-c2cc(F)cc(F)c2)c1F. The molecule has 1 amide bonds. The summed E-state index contributed by atoms with van der Waals surface area (Å²) in [5.74, 6) is -2.99. The van der Waals surface area contributed by atoms with Crippen LogP contribution in [-0.4, -0.2) is 62.0 Å². The molecule has 11 heteroatoms. The van der Waals surface area contributed by atoms with Crippen LogP contribution < -0.4 is 4.72 Å². The van der Waals surface area contributed by atoms with Gasteiger partial charge in [0.15, 0.2) is 0 Å². The minimum Gasteiger partial charge on any atom is -0.368 e. The van der Waals surface area contributed by atoms with Gasteiger partial charge in [0, 0.05) is 18.1 Å². The molecular formula is C24H24F4N2O4S. The van der Waals surface area contributed by atoms with E-state index in [1.165, 1.54) is 23.1 Å². The zero-order chi connectivity index (χ0) is 24.9. The van der Waals surface area contributed by atoms with Gasteiger partial charge in [-0.2, -0.15) is 0 Å². The van der Waals surface area contributed by atoms with Crippen LogP contribution in [0.5, 0.6) is 0 Å². The average molecular weight is 513 g/mol. The molecule has 2 saturated heterocycles. The Bertz CT molecular complexity index is 1230. The third kappa shape index (κ3) is 4.81. The zero-order valence-electron chi connectivity index (χ0n) is 18.6. The Kier molecular flexibility index (Phi) is 6.35. The lowest BCUT2D eigenvalue weighted by Crippen LogP contribution is -2.53. The number of amides is 1. The van der Waals surface area contributed by atoms with E-state index in [1.54, 1.807) is 0 Å². The summed E-state index contributed by atoms with van der Waals surface area (Å²) in [5, 5.41) is -0.599. The van der Waals surface area contributed by atoms with E-state index in [-0.39, 0.29) is 29.7 Å². The second kappa shape index (κ2) is 9.18. The molecule has 0 spiro atoms. The van der Waals surface area contributed by atoms with Crippen LogP contribution in [0.25, 0.3) is 11.1 Å². The van der Waals surface area contributed by atoms with Crippen molar-refractivity contribution < 1.29 is 35.5 Å². The average Bonchev–Trinajstić information content (AvgIpc) is 3.56. The molecule has 1 aliphatic carbocycles. The largest absolute Gasteiger partial charge is 0.368 e. The number of hydrogen-bond acceptors (Lipinski definition) is 4. The van der Waals surface area contributed by atoms with Gasteiger partial charge in [0.25, 0.3) is 5.91 Å². The third-order valence-corrected chi connectivity index (χ3v) is 8.73. The quantitative estimate of drug-likeness (QED) is 0.579. The molecule has 0 radical (unpaired) electrons. The zero-order valence-corrected chi connectivity index (χ0v) is 19.4. The first kappa shape index (κ1) is 24.2. The van der Waals surface area contributed by atoms with Crippen LogP contribution in [0, 0.1) is 17.5 Å². The molecule has 2 aliphatic heterocycles. The minimum atomic E-state index is -3.80. The van der Waals surface area contributed by atoms with Crippen LogP contribution >= 0.6 is 0 Å². The molecule has 3 fully saturated rings. The Morgan fingerprint density at radius 1 is 1.09 bits per heavy atom. The Morgan fingerprint density at radius 2 is 1.77 bits per heavy atom. The van der Waals surface area contributed by atoms with Gasteiger partial charge < -0.3 is 9.64 Å². The summed E-state index contributed by atoms with van der Waals surface area (Å²) in [6.07, 6.45) is -1.22. The smallest absolute Gasteiger partial charge is 0.252 e. The number of sulfonamides is 1. The second-order valence-corrected chi connectivity index (χ2v) is 11.2. The Hall–Kier alpha value is -2.50. The van der Waals surface area contributed by atoms with E-state index in [0.717, 1.165) is 12.1 Å². The predicted molar refractivity (Wildman–Crippen MR) is 119 cm³/mol. The maximum atomic E-state index is 15.5. The summed E-state index contributed by atoms with van der Waals surface area (Å²) in [5.41, 5.74) is -0.0151. The van der Waals surface area contributed by atoms with E-state index in [2.05, 4.69) is 4.72 Å². The van der Waals surface area contributed by atoms with Crippen molar-refractivity contribution >= 4 is 15.9 Å².